The highest BCUT2D eigenvalue weighted by Crippen LogP contribution is 2.41. The van der Waals surface area contributed by atoms with Gasteiger partial charge in [0.25, 0.3) is 0 Å². The Balaban J connectivity index is 1.91. The average molecular weight is 223 g/mol. The van der Waals surface area contributed by atoms with Crippen LogP contribution in [-0.4, -0.2) is 10.5 Å². The fourth-order valence-electron chi connectivity index (χ4n) is 1.79. The monoisotopic (exact) mass is 223 g/mol. The molecule has 0 bridgehead atoms. The van der Waals surface area contributed by atoms with Gasteiger partial charge in [-0.05, 0) is 24.6 Å². The summed E-state index contributed by atoms with van der Waals surface area (Å²) in [6.07, 6.45) is 5.06. The molecule has 0 saturated heterocycles. The summed E-state index contributed by atoms with van der Waals surface area (Å²) in [5, 5.41) is 13.3. The minimum absolute atomic E-state index is 0.359. The normalized spacial score (nSPS) is 18.6. The maximum Gasteiger partial charge on any atom is 0.116 e. The second-order valence-electron chi connectivity index (χ2n) is 3.93. The number of fused-ring (bicyclic) bond motifs is 1. The standard InChI is InChI=1S/C12H17NOS/c1-2-3-4-5-12-13-10-7-6-9(14)8-11(10)15-12/h6-8,12-14H,2-5H2,1H3. The third-order valence-electron chi connectivity index (χ3n) is 2.62. The number of aromatic hydroxyl groups is 1. The van der Waals surface area contributed by atoms with E-state index in [1.54, 1.807) is 6.07 Å². The van der Waals surface area contributed by atoms with Crippen LogP contribution in [0.2, 0.25) is 0 Å². The van der Waals surface area contributed by atoms with Crippen LogP contribution < -0.4 is 5.32 Å². The van der Waals surface area contributed by atoms with Crippen LogP contribution in [-0.2, 0) is 0 Å². The van der Waals surface area contributed by atoms with E-state index in [2.05, 4.69) is 12.2 Å². The summed E-state index contributed by atoms with van der Waals surface area (Å²) >= 11 is 1.83. The minimum Gasteiger partial charge on any atom is -0.508 e. The molecule has 1 heterocycles. The SMILES string of the molecule is CCCCCC1Nc2ccc(O)cc2S1. The van der Waals surface area contributed by atoms with Crippen molar-refractivity contribution < 1.29 is 5.11 Å². The fourth-order valence-corrected chi connectivity index (χ4v) is 3.01. The van der Waals surface area contributed by atoms with Crippen molar-refractivity contribution in [3.63, 3.8) is 0 Å². The van der Waals surface area contributed by atoms with E-state index in [1.807, 2.05) is 23.9 Å². The largest absolute Gasteiger partial charge is 0.508 e. The van der Waals surface area contributed by atoms with E-state index in [1.165, 1.54) is 36.3 Å². The first-order valence-corrected chi connectivity index (χ1v) is 6.44. The van der Waals surface area contributed by atoms with Crippen LogP contribution in [0.4, 0.5) is 5.69 Å². The maximum absolute atomic E-state index is 9.36. The highest BCUT2D eigenvalue weighted by atomic mass is 32.2. The molecular formula is C12H17NOS. The van der Waals surface area contributed by atoms with Crippen LogP contribution in [0, 0.1) is 0 Å². The molecule has 0 fully saturated rings. The molecular weight excluding hydrogens is 206 g/mol. The molecule has 2 N–H and O–H groups in total. The number of nitrogens with one attached hydrogen (secondary N) is 1. The summed E-state index contributed by atoms with van der Waals surface area (Å²) in [7, 11) is 0. The van der Waals surface area contributed by atoms with E-state index in [9.17, 15) is 5.11 Å². The number of benzene rings is 1. The van der Waals surface area contributed by atoms with Gasteiger partial charge < -0.3 is 10.4 Å². The van der Waals surface area contributed by atoms with Gasteiger partial charge in [0.1, 0.15) is 5.75 Å². The Bertz CT molecular complexity index is 340. The van der Waals surface area contributed by atoms with Gasteiger partial charge in [-0.2, -0.15) is 0 Å². The Morgan fingerprint density at radius 1 is 1.40 bits per heavy atom. The zero-order chi connectivity index (χ0) is 10.7. The molecule has 3 heteroatoms. The van der Waals surface area contributed by atoms with E-state index in [0.29, 0.717) is 11.1 Å². The number of phenolic OH excluding ortho intramolecular Hbond substituents is 1. The number of thioether (sulfide) groups is 1. The molecule has 15 heavy (non-hydrogen) atoms. The Morgan fingerprint density at radius 2 is 2.27 bits per heavy atom. The number of hydrogen-bond donors (Lipinski definition) is 2. The van der Waals surface area contributed by atoms with Crippen LogP contribution in [0.1, 0.15) is 32.6 Å². The lowest BCUT2D eigenvalue weighted by Crippen LogP contribution is -2.09. The summed E-state index contributed by atoms with van der Waals surface area (Å²) < 4.78 is 0. The van der Waals surface area contributed by atoms with Gasteiger partial charge in [0.15, 0.2) is 0 Å². The molecule has 0 aliphatic carbocycles. The van der Waals surface area contributed by atoms with Crippen LogP contribution in [0.5, 0.6) is 5.75 Å². The Hall–Kier alpha value is -0.830. The predicted octanol–water partition coefficient (Wildman–Crippen LogP) is 3.82. The molecule has 1 atom stereocenters. The smallest absolute Gasteiger partial charge is 0.116 e. The summed E-state index contributed by atoms with van der Waals surface area (Å²) in [5.74, 6) is 0.359. The van der Waals surface area contributed by atoms with Crippen molar-refractivity contribution in [2.24, 2.45) is 0 Å². The Labute approximate surface area is 95.1 Å². The lowest BCUT2D eigenvalue weighted by Gasteiger charge is -2.08. The molecule has 1 unspecified atom stereocenters. The second-order valence-corrected chi connectivity index (χ2v) is 5.17. The van der Waals surface area contributed by atoms with E-state index in [0.717, 1.165) is 0 Å². The van der Waals surface area contributed by atoms with Crippen molar-refractivity contribution in [2.75, 3.05) is 5.32 Å². The third kappa shape index (κ3) is 2.59. The number of anilines is 1. The van der Waals surface area contributed by atoms with Crippen molar-refractivity contribution in [3.05, 3.63) is 18.2 Å². The van der Waals surface area contributed by atoms with Gasteiger partial charge in [-0.1, -0.05) is 37.9 Å². The van der Waals surface area contributed by atoms with Crippen molar-refractivity contribution >= 4 is 17.4 Å². The zero-order valence-electron chi connectivity index (χ0n) is 8.99. The second kappa shape index (κ2) is 4.79. The lowest BCUT2D eigenvalue weighted by atomic mass is 10.2. The van der Waals surface area contributed by atoms with Gasteiger partial charge in [0, 0.05) is 10.6 Å². The molecule has 0 saturated carbocycles. The van der Waals surface area contributed by atoms with E-state index in [-0.39, 0.29) is 0 Å². The first-order valence-electron chi connectivity index (χ1n) is 5.56. The molecule has 1 aliphatic heterocycles. The number of hydrogen-bond acceptors (Lipinski definition) is 3. The molecule has 1 aromatic rings. The maximum atomic E-state index is 9.36. The fraction of sp³-hybridized carbons (Fsp3) is 0.500. The van der Waals surface area contributed by atoms with Crippen molar-refractivity contribution in [2.45, 2.75) is 42.9 Å². The van der Waals surface area contributed by atoms with Gasteiger partial charge in [-0.3, -0.25) is 0 Å². The number of rotatable bonds is 4. The lowest BCUT2D eigenvalue weighted by molar-refractivity contribution is 0.474. The van der Waals surface area contributed by atoms with Crippen molar-refractivity contribution in [1.82, 2.24) is 0 Å². The average Bonchev–Trinajstić information content (AvgIpc) is 2.60. The summed E-state index contributed by atoms with van der Waals surface area (Å²) in [6, 6.07) is 5.53. The summed E-state index contributed by atoms with van der Waals surface area (Å²) in [6.45, 7) is 2.22. The third-order valence-corrected chi connectivity index (χ3v) is 3.85. The van der Waals surface area contributed by atoms with Crippen LogP contribution in [0.15, 0.2) is 23.1 Å². The number of unbranched alkanes of at least 4 members (excludes halogenated alkanes) is 2. The van der Waals surface area contributed by atoms with E-state index >= 15 is 0 Å². The molecule has 2 rings (SSSR count). The van der Waals surface area contributed by atoms with Gasteiger partial charge >= 0.3 is 0 Å². The van der Waals surface area contributed by atoms with Crippen LogP contribution in [0.3, 0.4) is 0 Å². The minimum atomic E-state index is 0.359. The highest BCUT2D eigenvalue weighted by molar-refractivity contribution is 8.00. The van der Waals surface area contributed by atoms with E-state index in [4.69, 9.17) is 0 Å². The highest BCUT2D eigenvalue weighted by Gasteiger charge is 2.20. The molecule has 2 nitrogen and oxygen atoms in total. The molecule has 0 radical (unpaired) electrons. The van der Waals surface area contributed by atoms with Crippen molar-refractivity contribution in [1.29, 1.82) is 0 Å². The Kier molecular flexibility index (Phi) is 3.41. The summed E-state index contributed by atoms with van der Waals surface area (Å²) in [4.78, 5) is 1.18. The Morgan fingerprint density at radius 3 is 3.07 bits per heavy atom. The van der Waals surface area contributed by atoms with Gasteiger partial charge in [0.05, 0.1) is 5.37 Å². The van der Waals surface area contributed by atoms with Crippen LogP contribution in [0.25, 0.3) is 0 Å². The van der Waals surface area contributed by atoms with Crippen molar-refractivity contribution in [3.8, 4) is 5.75 Å². The predicted molar refractivity (Wildman–Crippen MR) is 65.5 cm³/mol. The molecule has 1 aromatic carbocycles. The molecule has 82 valence electrons. The van der Waals surface area contributed by atoms with Gasteiger partial charge in [0.2, 0.25) is 0 Å². The molecule has 1 aliphatic rings. The summed E-state index contributed by atoms with van der Waals surface area (Å²) in [5.41, 5.74) is 1.17. The first-order chi connectivity index (χ1) is 7.29. The van der Waals surface area contributed by atoms with E-state index < -0.39 is 0 Å². The van der Waals surface area contributed by atoms with Crippen LogP contribution >= 0.6 is 11.8 Å². The quantitative estimate of drug-likeness (QED) is 0.601. The molecule has 0 aromatic heterocycles. The zero-order valence-corrected chi connectivity index (χ0v) is 9.81. The molecule has 0 spiro atoms. The van der Waals surface area contributed by atoms with Gasteiger partial charge in [-0.25, -0.2) is 0 Å². The number of phenols is 1. The van der Waals surface area contributed by atoms with Gasteiger partial charge in [-0.15, -0.1) is 0 Å². The topological polar surface area (TPSA) is 32.3 Å². The molecule has 0 amide bonds. The first kappa shape index (κ1) is 10.7.